The van der Waals surface area contributed by atoms with E-state index < -0.39 is 17.4 Å². The van der Waals surface area contributed by atoms with Crippen LogP contribution in [0.25, 0.3) is 0 Å². The number of anilines is 1. The molecule has 7 heteroatoms. The summed E-state index contributed by atoms with van der Waals surface area (Å²) in [5.41, 5.74) is 1.67. The molecule has 1 aliphatic heterocycles. The molecule has 5 nitrogen and oxygen atoms in total. The first-order valence-electron chi connectivity index (χ1n) is 9.81. The van der Waals surface area contributed by atoms with Crippen LogP contribution in [0.4, 0.5) is 14.5 Å². The maximum Gasteiger partial charge on any atom is 0.266 e. The van der Waals surface area contributed by atoms with Crippen molar-refractivity contribution in [3.05, 3.63) is 29.3 Å². The molecule has 154 valence electrons. The molecular formula is C21H29F2N3O2. The van der Waals surface area contributed by atoms with Gasteiger partial charge in [0.2, 0.25) is 5.91 Å². The fraction of sp³-hybridized carbons (Fsp3) is 0.619. The molecule has 1 heterocycles. The maximum absolute atomic E-state index is 13.8. The number of hydrogen-bond acceptors (Lipinski definition) is 3. The zero-order chi connectivity index (χ0) is 20.7. The van der Waals surface area contributed by atoms with Crippen LogP contribution >= 0.6 is 0 Å². The van der Waals surface area contributed by atoms with Gasteiger partial charge in [0.1, 0.15) is 6.04 Å². The van der Waals surface area contributed by atoms with Crippen LogP contribution in [0.5, 0.6) is 0 Å². The minimum absolute atomic E-state index is 0.170. The van der Waals surface area contributed by atoms with E-state index >= 15 is 0 Å². The molecule has 2 aliphatic rings. The zero-order valence-electron chi connectivity index (χ0n) is 16.9. The van der Waals surface area contributed by atoms with Gasteiger partial charge in [-0.2, -0.15) is 0 Å². The third kappa shape index (κ3) is 4.45. The molecule has 1 atom stereocenters. The van der Waals surface area contributed by atoms with Crippen molar-refractivity contribution in [1.29, 1.82) is 0 Å². The Labute approximate surface area is 164 Å². The number of hydrogen-bond donors (Lipinski definition) is 2. The standard InChI is InChI=1S/C21H29F2N3O2/c1-20(2,3)17(19(28)24-4)25-18(27)14-7-8-15(13-5-6-13)16(11-14)26-10-9-21(22,23)12-26/h7-8,11,13,17H,5-6,9-10,12H2,1-4H3,(H,24,28)(H,25,27). The van der Waals surface area contributed by atoms with Crippen LogP contribution in [0.2, 0.25) is 0 Å². The lowest BCUT2D eigenvalue weighted by molar-refractivity contribution is -0.124. The van der Waals surface area contributed by atoms with Crippen molar-refractivity contribution < 1.29 is 18.4 Å². The molecule has 0 aromatic heterocycles. The van der Waals surface area contributed by atoms with Crippen molar-refractivity contribution in [1.82, 2.24) is 10.6 Å². The average Bonchev–Trinajstić information content (AvgIpc) is 3.40. The Morgan fingerprint density at radius 1 is 1.25 bits per heavy atom. The van der Waals surface area contributed by atoms with Gasteiger partial charge in [-0.1, -0.05) is 26.8 Å². The van der Waals surface area contributed by atoms with Gasteiger partial charge in [-0.3, -0.25) is 9.59 Å². The van der Waals surface area contributed by atoms with Crippen molar-refractivity contribution in [2.45, 2.75) is 57.9 Å². The van der Waals surface area contributed by atoms with Crippen molar-refractivity contribution >= 4 is 17.5 Å². The zero-order valence-corrected chi connectivity index (χ0v) is 16.9. The van der Waals surface area contributed by atoms with E-state index in [1.807, 2.05) is 26.8 Å². The summed E-state index contributed by atoms with van der Waals surface area (Å²) in [6.45, 7) is 5.59. The molecule has 1 unspecified atom stereocenters. The number of carbonyl (C=O) groups is 2. The number of alkyl halides is 2. The summed E-state index contributed by atoms with van der Waals surface area (Å²) in [6, 6.07) is 4.61. The molecule has 0 bridgehead atoms. The van der Waals surface area contributed by atoms with E-state index in [1.54, 1.807) is 17.0 Å². The smallest absolute Gasteiger partial charge is 0.266 e. The van der Waals surface area contributed by atoms with E-state index in [4.69, 9.17) is 0 Å². The summed E-state index contributed by atoms with van der Waals surface area (Å²) in [4.78, 5) is 26.7. The van der Waals surface area contributed by atoms with Crippen LogP contribution < -0.4 is 15.5 Å². The second-order valence-electron chi connectivity index (χ2n) is 8.96. The molecule has 28 heavy (non-hydrogen) atoms. The Balaban J connectivity index is 1.87. The summed E-state index contributed by atoms with van der Waals surface area (Å²) >= 11 is 0. The van der Waals surface area contributed by atoms with E-state index in [0.717, 1.165) is 24.1 Å². The predicted molar refractivity (Wildman–Crippen MR) is 105 cm³/mol. The summed E-state index contributed by atoms with van der Waals surface area (Å²) < 4.78 is 27.5. The molecule has 1 saturated heterocycles. The third-order valence-corrected chi connectivity index (χ3v) is 5.47. The second kappa shape index (κ2) is 7.33. The normalized spacial score (nSPS) is 20.0. The third-order valence-electron chi connectivity index (χ3n) is 5.47. The number of carbonyl (C=O) groups excluding carboxylic acids is 2. The lowest BCUT2D eigenvalue weighted by Gasteiger charge is -2.30. The first kappa shape index (κ1) is 20.6. The van der Waals surface area contributed by atoms with Crippen LogP contribution in [0.3, 0.4) is 0 Å². The molecule has 2 fully saturated rings. The van der Waals surface area contributed by atoms with Gasteiger partial charge in [0.15, 0.2) is 0 Å². The van der Waals surface area contributed by atoms with Crippen LogP contribution in [0, 0.1) is 5.41 Å². The van der Waals surface area contributed by atoms with E-state index in [9.17, 15) is 18.4 Å². The minimum atomic E-state index is -2.70. The largest absolute Gasteiger partial charge is 0.365 e. The molecule has 1 aliphatic carbocycles. The monoisotopic (exact) mass is 393 g/mol. The highest BCUT2D eigenvalue weighted by molar-refractivity contribution is 5.98. The molecule has 1 aromatic carbocycles. The first-order chi connectivity index (χ1) is 13.0. The Bertz CT molecular complexity index is 769. The van der Waals surface area contributed by atoms with Crippen LogP contribution in [0.15, 0.2) is 18.2 Å². The molecule has 0 spiro atoms. The highest BCUT2D eigenvalue weighted by Crippen LogP contribution is 2.46. The topological polar surface area (TPSA) is 61.4 Å². The summed E-state index contributed by atoms with van der Waals surface area (Å²) in [7, 11) is 1.53. The van der Waals surface area contributed by atoms with Gasteiger partial charge in [0.25, 0.3) is 11.8 Å². The highest BCUT2D eigenvalue weighted by Gasteiger charge is 2.40. The Morgan fingerprint density at radius 2 is 1.93 bits per heavy atom. The van der Waals surface area contributed by atoms with E-state index in [-0.39, 0.29) is 31.3 Å². The Kier molecular flexibility index (Phi) is 5.38. The number of benzene rings is 1. The van der Waals surface area contributed by atoms with Gasteiger partial charge in [0, 0.05) is 31.3 Å². The predicted octanol–water partition coefficient (Wildman–Crippen LogP) is 3.30. The Hall–Kier alpha value is -2.18. The number of nitrogens with zero attached hydrogens (tertiary/aromatic N) is 1. The van der Waals surface area contributed by atoms with E-state index in [1.165, 1.54) is 7.05 Å². The number of likely N-dealkylation sites (N-methyl/N-ethyl adjacent to an activating group) is 1. The summed E-state index contributed by atoms with van der Waals surface area (Å²) in [5, 5.41) is 5.39. The van der Waals surface area contributed by atoms with Crippen molar-refractivity contribution in [2.24, 2.45) is 5.41 Å². The fourth-order valence-corrected chi connectivity index (χ4v) is 3.67. The van der Waals surface area contributed by atoms with Crippen molar-refractivity contribution in [3.8, 4) is 0 Å². The van der Waals surface area contributed by atoms with Crippen LogP contribution in [-0.4, -0.2) is 43.9 Å². The average molecular weight is 393 g/mol. The van der Waals surface area contributed by atoms with Crippen molar-refractivity contribution in [3.63, 3.8) is 0 Å². The summed E-state index contributed by atoms with van der Waals surface area (Å²) in [6.07, 6.45) is 1.92. The highest BCUT2D eigenvalue weighted by atomic mass is 19.3. The van der Waals surface area contributed by atoms with E-state index in [0.29, 0.717) is 11.5 Å². The van der Waals surface area contributed by atoms with Gasteiger partial charge in [0.05, 0.1) is 6.54 Å². The van der Waals surface area contributed by atoms with E-state index in [2.05, 4.69) is 10.6 Å². The molecule has 1 saturated carbocycles. The molecular weight excluding hydrogens is 364 g/mol. The molecule has 0 radical (unpaired) electrons. The van der Waals surface area contributed by atoms with Crippen LogP contribution in [0.1, 0.15) is 61.9 Å². The maximum atomic E-state index is 13.8. The quantitative estimate of drug-likeness (QED) is 0.807. The number of nitrogens with one attached hydrogen (secondary N) is 2. The van der Waals surface area contributed by atoms with Gasteiger partial charge >= 0.3 is 0 Å². The molecule has 1 aromatic rings. The fourth-order valence-electron chi connectivity index (χ4n) is 3.67. The SMILES string of the molecule is CNC(=O)C(NC(=O)c1ccc(C2CC2)c(N2CCC(F)(F)C2)c1)C(C)(C)C. The van der Waals surface area contributed by atoms with Crippen molar-refractivity contribution in [2.75, 3.05) is 25.0 Å². The van der Waals surface area contributed by atoms with Gasteiger partial charge < -0.3 is 15.5 Å². The lowest BCUT2D eigenvalue weighted by atomic mass is 9.86. The molecule has 2 amide bonds. The van der Waals surface area contributed by atoms with Gasteiger partial charge in [-0.25, -0.2) is 8.78 Å². The minimum Gasteiger partial charge on any atom is -0.365 e. The lowest BCUT2D eigenvalue weighted by Crippen LogP contribution is -2.52. The summed E-state index contributed by atoms with van der Waals surface area (Å²) in [5.74, 6) is -2.96. The Morgan fingerprint density at radius 3 is 2.43 bits per heavy atom. The number of rotatable bonds is 5. The first-order valence-corrected chi connectivity index (χ1v) is 9.81. The van der Waals surface area contributed by atoms with Gasteiger partial charge in [-0.05, 0) is 41.9 Å². The number of amides is 2. The molecule has 3 rings (SSSR count). The molecule has 2 N–H and O–H groups in total. The second-order valence-corrected chi connectivity index (χ2v) is 8.96. The number of halogens is 2. The van der Waals surface area contributed by atoms with Gasteiger partial charge in [-0.15, -0.1) is 0 Å². The van der Waals surface area contributed by atoms with Crippen LogP contribution in [-0.2, 0) is 4.79 Å².